The molecule has 0 radical (unpaired) electrons. The smallest absolute Gasteiger partial charge is 0.0736 e. The Bertz CT molecular complexity index is 248. The van der Waals surface area contributed by atoms with E-state index < -0.39 is 0 Å². The van der Waals surface area contributed by atoms with Crippen LogP contribution in [-0.2, 0) is 4.74 Å². The molecule has 2 saturated heterocycles. The number of hydrogen-bond acceptors (Lipinski definition) is 2. The molecule has 0 amide bonds. The standard InChI is InChI=1S/C12H20INO/c13-8-11-12(4-6-15-11)3-1-9-2-5-14-10(12)7-9/h9-11,14H,1-8H2. The van der Waals surface area contributed by atoms with Crippen molar-refractivity contribution >= 4 is 22.6 Å². The van der Waals surface area contributed by atoms with Gasteiger partial charge in [0.05, 0.1) is 6.10 Å². The summed E-state index contributed by atoms with van der Waals surface area (Å²) < 4.78 is 7.11. The highest BCUT2D eigenvalue weighted by Crippen LogP contribution is 2.50. The van der Waals surface area contributed by atoms with Crippen molar-refractivity contribution in [3.8, 4) is 0 Å². The summed E-state index contributed by atoms with van der Waals surface area (Å²) in [5.41, 5.74) is 0.498. The fourth-order valence-corrected chi connectivity index (χ4v) is 5.08. The minimum atomic E-state index is 0.498. The number of halogens is 1. The van der Waals surface area contributed by atoms with Gasteiger partial charge in [-0.1, -0.05) is 22.6 Å². The molecule has 86 valence electrons. The minimum Gasteiger partial charge on any atom is -0.377 e. The monoisotopic (exact) mass is 321 g/mol. The Hall–Kier alpha value is 0.650. The van der Waals surface area contributed by atoms with Gasteiger partial charge < -0.3 is 10.1 Å². The summed E-state index contributed by atoms with van der Waals surface area (Å²) in [5.74, 6) is 1.01. The Kier molecular flexibility index (Phi) is 2.98. The van der Waals surface area contributed by atoms with Gasteiger partial charge in [-0.15, -0.1) is 0 Å². The van der Waals surface area contributed by atoms with E-state index in [2.05, 4.69) is 27.9 Å². The van der Waals surface area contributed by atoms with E-state index in [0.717, 1.165) is 18.6 Å². The molecule has 0 aromatic rings. The normalized spacial score (nSPS) is 49.8. The second kappa shape index (κ2) is 4.15. The van der Waals surface area contributed by atoms with Gasteiger partial charge in [-0.2, -0.15) is 0 Å². The fourth-order valence-electron chi connectivity index (χ4n) is 3.94. The van der Waals surface area contributed by atoms with Crippen LogP contribution in [0.2, 0.25) is 0 Å². The number of rotatable bonds is 1. The molecule has 15 heavy (non-hydrogen) atoms. The molecule has 3 heteroatoms. The van der Waals surface area contributed by atoms with Crippen molar-refractivity contribution in [2.45, 2.75) is 44.2 Å². The molecule has 4 unspecified atom stereocenters. The lowest BCUT2D eigenvalue weighted by atomic mass is 9.62. The van der Waals surface area contributed by atoms with Gasteiger partial charge in [-0.05, 0) is 44.6 Å². The van der Waals surface area contributed by atoms with Gasteiger partial charge in [0.1, 0.15) is 0 Å². The first-order chi connectivity index (χ1) is 7.35. The Labute approximate surface area is 106 Å². The predicted molar refractivity (Wildman–Crippen MR) is 69.4 cm³/mol. The maximum atomic E-state index is 5.94. The number of hydrogen-bond donors (Lipinski definition) is 1. The van der Waals surface area contributed by atoms with E-state index in [0.29, 0.717) is 11.5 Å². The second-order valence-electron chi connectivity index (χ2n) is 5.43. The zero-order valence-corrected chi connectivity index (χ0v) is 11.3. The lowest BCUT2D eigenvalue weighted by Crippen LogP contribution is -2.56. The van der Waals surface area contributed by atoms with Crippen LogP contribution in [0.3, 0.4) is 0 Å². The second-order valence-corrected chi connectivity index (χ2v) is 6.31. The summed E-state index contributed by atoms with van der Waals surface area (Å²) in [5, 5.41) is 3.76. The molecule has 3 fully saturated rings. The molecule has 3 aliphatic rings. The molecular formula is C12H20INO. The molecule has 4 atom stereocenters. The van der Waals surface area contributed by atoms with Crippen LogP contribution in [0.5, 0.6) is 0 Å². The van der Waals surface area contributed by atoms with Crippen molar-refractivity contribution in [3.05, 3.63) is 0 Å². The molecule has 2 heterocycles. The Morgan fingerprint density at radius 3 is 3.13 bits per heavy atom. The number of piperidine rings is 1. The molecule has 2 aliphatic heterocycles. The highest BCUT2D eigenvalue weighted by atomic mass is 127. The Balaban J connectivity index is 1.84. The molecular weight excluding hydrogens is 301 g/mol. The van der Waals surface area contributed by atoms with Crippen LogP contribution in [0.15, 0.2) is 0 Å². The summed E-state index contributed by atoms with van der Waals surface area (Å²) in [7, 11) is 0. The number of alkyl halides is 1. The van der Waals surface area contributed by atoms with Crippen LogP contribution >= 0.6 is 22.6 Å². The maximum absolute atomic E-state index is 5.94. The molecule has 1 saturated carbocycles. The topological polar surface area (TPSA) is 21.3 Å². The van der Waals surface area contributed by atoms with Gasteiger partial charge >= 0.3 is 0 Å². The van der Waals surface area contributed by atoms with E-state index in [-0.39, 0.29) is 0 Å². The minimum absolute atomic E-state index is 0.498. The zero-order chi connectivity index (χ0) is 10.3. The van der Waals surface area contributed by atoms with Crippen molar-refractivity contribution < 1.29 is 4.74 Å². The van der Waals surface area contributed by atoms with Crippen LogP contribution in [-0.4, -0.2) is 29.7 Å². The van der Waals surface area contributed by atoms with Gasteiger partial charge in [0, 0.05) is 22.5 Å². The Morgan fingerprint density at radius 1 is 1.33 bits per heavy atom. The summed E-state index contributed by atoms with van der Waals surface area (Å²) in [4.78, 5) is 0. The van der Waals surface area contributed by atoms with E-state index in [4.69, 9.17) is 4.74 Å². The molecule has 1 aliphatic carbocycles. The predicted octanol–water partition coefficient (Wildman–Crippen LogP) is 2.36. The SMILES string of the molecule is ICC1OCCC12CCC1CCNC2C1. The summed E-state index contributed by atoms with van der Waals surface area (Å²) >= 11 is 2.50. The van der Waals surface area contributed by atoms with Gasteiger partial charge in [-0.25, -0.2) is 0 Å². The van der Waals surface area contributed by atoms with Crippen LogP contribution in [0, 0.1) is 11.3 Å². The number of fused-ring (bicyclic) bond motifs is 3. The third-order valence-corrected chi connectivity index (χ3v) is 5.69. The van der Waals surface area contributed by atoms with E-state index in [1.165, 1.54) is 43.1 Å². The Morgan fingerprint density at radius 2 is 2.27 bits per heavy atom. The van der Waals surface area contributed by atoms with Crippen LogP contribution in [0.1, 0.15) is 32.1 Å². The molecule has 1 spiro atoms. The zero-order valence-electron chi connectivity index (χ0n) is 9.18. The molecule has 1 N–H and O–H groups in total. The summed E-state index contributed by atoms with van der Waals surface area (Å²) in [6, 6.07) is 0.757. The third-order valence-electron chi connectivity index (χ3n) is 4.89. The van der Waals surface area contributed by atoms with Crippen molar-refractivity contribution in [2.24, 2.45) is 11.3 Å². The van der Waals surface area contributed by atoms with Crippen molar-refractivity contribution in [2.75, 3.05) is 17.6 Å². The number of nitrogens with one attached hydrogen (secondary N) is 1. The number of ether oxygens (including phenoxy) is 1. The van der Waals surface area contributed by atoms with Gasteiger partial charge in [0.15, 0.2) is 0 Å². The molecule has 2 nitrogen and oxygen atoms in total. The molecule has 3 rings (SSSR count). The first kappa shape index (κ1) is 10.8. The molecule has 0 aromatic heterocycles. The highest BCUT2D eigenvalue weighted by molar-refractivity contribution is 14.1. The van der Waals surface area contributed by atoms with E-state index in [9.17, 15) is 0 Å². The van der Waals surface area contributed by atoms with Gasteiger partial charge in [0.25, 0.3) is 0 Å². The maximum Gasteiger partial charge on any atom is 0.0736 e. The summed E-state index contributed by atoms with van der Waals surface area (Å²) in [6.07, 6.45) is 7.50. The lowest BCUT2D eigenvalue weighted by molar-refractivity contribution is -0.00166. The highest BCUT2D eigenvalue weighted by Gasteiger charge is 2.52. The van der Waals surface area contributed by atoms with Crippen LogP contribution in [0.25, 0.3) is 0 Å². The van der Waals surface area contributed by atoms with Crippen LogP contribution in [0.4, 0.5) is 0 Å². The average molecular weight is 321 g/mol. The quantitative estimate of drug-likeness (QED) is 0.591. The molecule has 0 aromatic carbocycles. The van der Waals surface area contributed by atoms with Crippen molar-refractivity contribution in [3.63, 3.8) is 0 Å². The van der Waals surface area contributed by atoms with Crippen LogP contribution < -0.4 is 5.32 Å². The third kappa shape index (κ3) is 1.65. The first-order valence-electron chi connectivity index (χ1n) is 6.26. The first-order valence-corrected chi connectivity index (χ1v) is 7.79. The average Bonchev–Trinajstić information content (AvgIpc) is 2.69. The van der Waals surface area contributed by atoms with E-state index >= 15 is 0 Å². The fraction of sp³-hybridized carbons (Fsp3) is 1.00. The van der Waals surface area contributed by atoms with E-state index in [1.54, 1.807) is 0 Å². The largest absolute Gasteiger partial charge is 0.377 e. The van der Waals surface area contributed by atoms with E-state index in [1.807, 2.05) is 0 Å². The van der Waals surface area contributed by atoms with Crippen molar-refractivity contribution in [1.29, 1.82) is 0 Å². The lowest BCUT2D eigenvalue weighted by Gasteiger charge is -2.50. The molecule has 2 bridgehead atoms. The summed E-state index contributed by atoms with van der Waals surface area (Å²) in [6.45, 7) is 2.24. The van der Waals surface area contributed by atoms with Gasteiger partial charge in [-0.3, -0.25) is 0 Å². The van der Waals surface area contributed by atoms with Gasteiger partial charge in [0.2, 0.25) is 0 Å². The van der Waals surface area contributed by atoms with Crippen molar-refractivity contribution in [1.82, 2.24) is 5.32 Å².